The maximum atomic E-state index is 11.0. The van der Waals surface area contributed by atoms with Gasteiger partial charge in [0.25, 0.3) is 0 Å². The smallest absolute Gasteiger partial charge is 0.171 e. The molecule has 1 unspecified atom stereocenters. The highest BCUT2D eigenvalue weighted by atomic mass is 32.2. The van der Waals surface area contributed by atoms with Crippen molar-refractivity contribution in [2.45, 2.75) is 12.8 Å². The van der Waals surface area contributed by atoms with Crippen LogP contribution < -0.4 is 4.90 Å². The molecule has 4 rings (SSSR count). The van der Waals surface area contributed by atoms with Gasteiger partial charge in [0, 0.05) is 10.6 Å². The van der Waals surface area contributed by atoms with Crippen LogP contribution in [-0.4, -0.2) is 16.5 Å². The molecule has 4 heteroatoms. The SMILES string of the molecule is OC1/C(=C/c2ccccc2)SC(=NCc2ccccc2)N1c1ccccc1. The van der Waals surface area contributed by atoms with Crippen molar-refractivity contribution in [3.63, 3.8) is 0 Å². The van der Waals surface area contributed by atoms with Gasteiger partial charge in [-0.25, -0.2) is 0 Å². The van der Waals surface area contributed by atoms with Crippen LogP contribution in [-0.2, 0) is 6.54 Å². The molecule has 1 atom stereocenters. The Balaban J connectivity index is 1.68. The van der Waals surface area contributed by atoms with E-state index in [1.807, 2.05) is 89.8 Å². The van der Waals surface area contributed by atoms with Crippen LogP contribution in [0.2, 0.25) is 0 Å². The summed E-state index contributed by atoms with van der Waals surface area (Å²) in [4.78, 5) is 7.56. The standard InChI is InChI=1S/C23H20N2OS/c26-22-21(16-18-10-4-1-5-11-18)27-23(24-17-19-12-6-2-7-13-19)25(22)20-14-8-3-9-15-20/h1-16,22,26H,17H2/b21-16-,24-23?. The number of benzene rings is 3. The lowest BCUT2D eigenvalue weighted by Gasteiger charge is -2.22. The molecular formula is C23H20N2OS. The number of aliphatic hydroxyl groups excluding tert-OH is 1. The molecule has 1 N–H and O–H groups in total. The van der Waals surface area contributed by atoms with Crippen LogP contribution in [0.3, 0.4) is 0 Å². The molecule has 0 bridgehead atoms. The van der Waals surface area contributed by atoms with E-state index in [4.69, 9.17) is 4.99 Å². The molecule has 1 aliphatic rings. The number of amidine groups is 1. The van der Waals surface area contributed by atoms with Crippen LogP contribution in [0.5, 0.6) is 0 Å². The Kier molecular flexibility index (Phi) is 5.37. The normalized spacial score (nSPS) is 19.7. The molecule has 3 aromatic rings. The Morgan fingerprint density at radius 2 is 1.44 bits per heavy atom. The molecular weight excluding hydrogens is 352 g/mol. The lowest BCUT2D eigenvalue weighted by Crippen LogP contribution is -2.33. The Morgan fingerprint density at radius 1 is 0.852 bits per heavy atom. The molecule has 0 saturated carbocycles. The monoisotopic (exact) mass is 372 g/mol. The second-order valence-electron chi connectivity index (χ2n) is 6.22. The van der Waals surface area contributed by atoms with Gasteiger partial charge < -0.3 is 5.11 Å². The van der Waals surface area contributed by atoms with Crippen molar-refractivity contribution in [3.05, 3.63) is 107 Å². The number of para-hydroxylation sites is 1. The second-order valence-corrected chi connectivity index (χ2v) is 7.26. The molecule has 0 spiro atoms. The van der Waals surface area contributed by atoms with Crippen molar-refractivity contribution < 1.29 is 5.11 Å². The minimum Gasteiger partial charge on any atom is -0.368 e. The summed E-state index contributed by atoms with van der Waals surface area (Å²) < 4.78 is 0. The van der Waals surface area contributed by atoms with Gasteiger partial charge in [0.05, 0.1) is 6.54 Å². The van der Waals surface area contributed by atoms with Gasteiger partial charge in [-0.05, 0) is 29.3 Å². The first kappa shape index (κ1) is 17.6. The molecule has 3 aromatic carbocycles. The van der Waals surface area contributed by atoms with Gasteiger partial charge in [-0.2, -0.15) is 0 Å². The van der Waals surface area contributed by atoms with Gasteiger partial charge in [-0.3, -0.25) is 9.89 Å². The predicted octanol–water partition coefficient (Wildman–Crippen LogP) is 5.16. The van der Waals surface area contributed by atoms with E-state index in [1.165, 1.54) is 11.8 Å². The number of nitrogens with zero attached hydrogens (tertiary/aromatic N) is 2. The fourth-order valence-corrected chi connectivity index (χ4v) is 4.00. The number of aliphatic imine (C=N–C) groups is 1. The molecule has 0 radical (unpaired) electrons. The largest absolute Gasteiger partial charge is 0.368 e. The summed E-state index contributed by atoms with van der Waals surface area (Å²) in [5.74, 6) is 0. The van der Waals surface area contributed by atoms with Crippen molar-refractivity contribution in [1.29, 1.82) is 0 Å². The van der Waals surface area contributed by atoms with Crippen molar-refractivity contribution in [3.8, 4) is 0 Å². The highest BCUT2D eigenvalue weighted by Crippen LogP contribution is 2.38. The fraction of sp³-hybridized carbons (Fsp3) is 0.0870. The third kappa shape index (κ3) is 4.13. The lowest BCUT2D eigenvalue weighted by molar-refractivity contribution is 0.233. The molecule has 1 saturated heterocycles. The highest BCUT2D eigenvalue weighted by Gasteiger charge is 2.34. The molecule has 3 nitrogen and oxygen atoms in total. The summed E-state index contributed by atoms with van der Waals surface area (Å²) in [7, 11) is 0. The Hall–Kier alpha value is -2.82. The molecule has 27 heavy (non-hydrogen) atoms. The van der Waals surface area contributed by atoms with Gasteiger partial charge in [0.2, 0.25) is 0 Å². The predicted molar refractivity (Wildman–Crippen MR) is 115 cm³/mol. The summed E-state index contributed by atoms with van der Waals surface area (Å²) in [6, 6.07) is 30.1. The van der Waals surface area contributed by atoms with E-state index in [1.54, 1.807) is 0 Å². The van der Waals surface area contributed by atoms with Gasteiger partial charge in [-0.1, -0.05) is 90.6 Å². The number of hydrogen-bond acceptors (Lipinski definition) is 3. The van der Waals surface area contributed by atoms with Crippen LogP contribution in [0, 0.1) is 0 Å². The fourth-order valence-electron chi connectivity index (χ4n) is 2.95. The molecule has 1 heterocycles. The first-order chi connectivity index (χ1) is 13.3. The van der Waals surface area contributed by atoms with Gasteiger partial charge in [0.15, 0.2) is 11.4 Å². The van der Waals surface area contributed by atoms with E-state index >= 15 is 0 Å². The zero-order valence-electron chi connectivity index (χ0n) is 14.8. The zero-order chi connectivity index (χ0) is 18.5. The number of hydrogen-bond donors (Lipinski definition) is 1. The number of rotatable bonds is 4. The quantitative estimate of drug-likeness (QED) is 0.687. The van der Waals surface area contributed by atoms with E-state index in [2.05, 4.69) is 12.1 Å². The third-order valence-corrected chi connectivity index (χ3v) is 5.37. The summed E-state index contributed by atoms with van der Waals surface area (Å²) in [5.41, 5.74) is 3.14. The minimum absolute atomic E-state index is 0.581. The average Bonchev–Trinajstić information content (AvgIpc) is 3.04. The molecule has 0 amide bonds. The topological polar surface area (TPSA) is 35.8 Å². The van der Waals surface area contributed by atoms with E-state index in [9.17, 15) is 5.11 Å². The van der Waals surface area contributed by atoms with Gasteiger partial charge >= 0.3 is 0 Å². The summed E-state index contributed by atoms with van der Waals surface area (Å²) in [6.45, 7) is 0.581. The number of aliphatic hydroxyl groups is 1. The number of anilines is 1. The van der Waals surface area contributed by atoms with Crippen LogP contribution in [0.1, 0.15) is 11.1 Å². The number of thioether (sulfide) groups is 1. The van der Waals surface area contributed by atoms with Crippen molar-refractivity contribution in [2.24, 2.45) is 4.99 Å². The first-order valence-corrected chi connectivity index (χ1v) is 9.68. The minimum atomic E-state index is -0.743. The first-order valence-electron chi connectivity index (χ1n) is 8.86. The Morgan fingerprint density at radius 3 is 2.11 bits per heavy atom. The molecule has 1 aliphatic heterocycles. The molecule has 1 fully saturated rings. The van der Waals surface area contributed by atoms with E-state index in [-0.39, 0.29) is 0 Å². The molecule has 0 aliphatic carbocycles. The van der Waals surface area contributed by atoms with E-state index in [0.717, 1.165) is 26.9 Å². The van der Waals surface area contributed by atoms with Crippen molar-refractivity contribution in [2.75, 3.05) is 4.90 Å². The Bertz CT molecular complexity index is 940. The van der Waals surface area contributed by atoms with E-state index < -0.39 is 6.23 Å². The van der Waals surface area contributed by atoms with Crippen molar-refractivity contribution in [1.82, 2.24) is 0 Å². The Labute approximate surface area is 163 Å². The second kappa shape index (κ2) is 8.25. The summed E-state index contributed by atoms with van der Waals surface area (Å²) in [5, 5.41) is 11.8. The van der Waals surface area contributed by atoms with Crippen molar-refractivity contribution >= 4 is 28.7 Å². The van der Waals surface area contributed by atoms with Crippen LogP contribution in [0.15, 0.2) is 101 Å². The zero-order valence-corrected chi connectivity index (χ0v) is 15.6. The molecule has 134 valence electrons. The highest BCUT2D eigenvalue weighted by molar-refractivity contribution is 8.18. The van der Waals surface area contributed by atoms with Gasteiger partial charge in [0.1, 0.15) is 0 Å². The third-order valence-electron chi connectivity index (χ3n) is 4.30. The summed E-state index contributed by atoms with van der Waals surface area (Å²) >= 11 is 1.52. The summed E-state index contributed by atoms with van der Waals surface area (Å²) in [6.07, 6.45) is 1.28. The average molecular weight is 372 g/mol. The van der Waals surface area contributed by atoms with Crippen LogP contribution in [0.4, 0.5) is 5.69 Å². The van der Waals surface area contributed by atoms with E-state index in [0.29, 0.717) is 6.54 Å². The maximum Gasteiger partial charge on any atom is 0.171 e. The maximum absolute atomic E-state index is 11.0. The lowest BCUT2D eigenvalue weighted by atomic mass is 10.2. The molecule has 0 aromatic heterocycles. The van der Waals surface area contributed by atoms with Crippen LogP contribution >= 0.6 is 11.8 Å². The van der Waals surface area contributed by atoms with Crippen LogP contribution in [0.25, 0.3) is 6.08 Å². The van der Waals surface area contributed by atoms with Gasteiger partial charge in [-0.15, -0.1) is 0 Å².